The number of aliphatic hydroxyl groups is 1. The van der Waals surface area contributed by atoms with E-state index >= 15 is 0 Å². The van der Waals surface area contributed by atoms with Crippen LogP contribution < -0.4 is 4.74 Å². The van der Waals surface area contributed by atoms with Crippen molar-refractivity contribution in [2.45, 2.75) is 51.8 Å². The van der Waals surface area contributed by atoms with Crippen LogP contribution in [0.3, 0.4) is 0 Å². The molecule has 1 N–H and O–H groups in total. The highest BCUT2D eigenvalue weighted by molar-refractivity contribution is 5.55. The summed E-state index contributed by atoms with van der Waals surface area (Å²) in [6.45, 7) is 5.99. The lowest BCUT2D eigenvalue weighted by Gasteiger charge is -2.36. The maximum Gasteiger partial charge on any atom is 0.241 e. The topological polar surface area (TPSA) is 71.6 Å². The summed E-state index contributed by atoms with van der Waals surface area (Å²) in [4.78, 5) is 6.74. The van der Waals surface area contributed by atoms with Crippen LogP contribution in [0.2, 0.25) is 0 Å². The van der Waals surface area contributed by atoms with E-state index in [2.05, 4.69) is 15.0 Å². The standard InChI is InChI=1S/C18H25N3O3/c1-3-23-15-9-7-14(8-10-15)18-19-17(24-20-18)12-21-11-5-4-6-16(21)13(2)22/h7-10,13,16,22H,3-6,11-12H2,1-2H3. The van der Waals surface area contributed by atoms with Crippen molar-refractivity contribution in [1.82, 2.24) is 15.0 Å². The number of likely N-dealkylation sites (tertiary alicyclic amines) is 1. The van der Waals surface area contributed by atoms with E-state index in [0.717, 1.165) is 37.1 Å². The van der Waals surface area contributed by atoms with Crippen LogP contribution in [-0.4, -0.2) is 45.4 Å². The molecule has 1 fully saturated rings. The number of ether oxygens (including phenoxy) is 1. The van der Waals surface area contributed by atoms with Gasteiger partial charge in [0.25, 0.3) is 0 Å². The highest BCUT2D eigenvalue weighted by atomic mass is 16.5. The number of aromatic nitrogens is 2. The molecule has 0 radical (unpaired) electrons. The third kappa shape index (κ3) is 3.94. The highest BCUT2D eigenvalue weighted by Gasteiger charge is 2.27. The molecule has 3 rings (SSSR count). The summed E-state index contributed by atoms with van der Waals surface area (Å²) < 4.78 is 10.9. The number of nitrogens with zero attached hydrogens (tertiary/aromatic N) is 3. The van der Waals surface area contributed by atoms with Crippen LogP contribution in [0.5, 0.6) is 5.75 Å². The van der Waals surface area contributed by atoms with Gasteiger partial charge < -0.3 is 14.4 Å². The zero-order valence-corrected chi connectivity index (χ0v) is 14.3. The van der Waals surface area contributed by atoms with Crippen molar-refractivity contribution in [1.29, 1.82) is 0 Å². The van der Waals surface area contributed by atoms with Crippen LogP contribution in [0.4, 0.5) is 0 Å². The molecule has 2 heterocycles. The van der Waals surface area contributed by atoms with Crippen molar-refractivity contribution in [2.24, 2.45) is 0 Å². The van der Waals surface area contributed by atoms with Crippen LogP contribution >= 0.6 is 0 Å². The molecule has 2 unspecified atom stereocenters. The van der Waals surface area contributed by atoms with Crippen molar-refractivity contribution < 1.29 is 14.4 Å². The molecular weight excluding hydrogens is 306 g/mol. The Balaban J connectivity index is 1.68. The predicted molar refractivity (Wildman–Crippen MR) is 90.6 cm³/mol. The first-order valence-electron chi connectivity index (χ1n) is 8.65. The zero-order valence-electron chi connectivity index (χ0n) is 14.3. The van der Waals surface area contributed by atoms with Gasteiger partial charge in [-0.3, -0.25) is 4.90 Å². The summed E-state index contributed by atoms with van der Waals surface area (Å²) in [5.74, 6) is 2.00. The lowest BCUT2D eigenvalue weighted by molar-refractivity contribution is 0.0260. The van der Waals surface area contributed by atoms with E-state index in [4.69, 9.17) is 9.26 Å². The van der Waals surface area contributed by atoms with Crippen molar-refractivity contribution in [3.05, 3.63) is 30.2 Å². The van der Waals surface area contributed by atoms with Gasteiger partial charge in [-0.1, -0.05) is 11.6 Å². The van der Waals surface area contributed by atoms with E-state index in [9.17, 15) is 5.11 Å². The first-order chi connectivity index (χ1) is 11.7. The van der Waals surface area contributed by atoms with Crippen LogP contribution in [0.15, 0.2) is 28.8 Å². The molecule has 0 aliphatic carbocycles. The minimum atomic E-state index is -0.348. The van der Waals surface area contributed by atoms with Gasteiger partial charge in [0.1, 0.15) is 5.75 Å². The van der Waals surface area contributed by atoms with E-state index in [-0.39, 0.29) is 12.1 Å². The minimum absolute atomic E-state index is 0.166. The highest BCUT2D eigenvalue weighted by Crippen LogP contribution is 2.23. The monoisotopic (exact) mass is 331 g/mol. The Morgan fingerprint density at radius 1 is 1.33 bits per heavy atom. The molecule has 0 spiro atoms. The number of piperidine rings is 1. The number of benzene rings is 1. The van der Waals surface area contributed by atoms with Crippen molar-refractivity contribution >= 4 is 0 Å². The van der Waals surface area contributed by atoms with E-state index in [1.807, 2.05) is 38.1 Å². The molecule has 1 saturated heterocycles. The average Bonchev–Trinajstić information content (AvgIpc) is 3.05. The SMILES string of the molecule is CCOc1ccc(-c2noc(CN3CCCCC3C(C)O)n2)cc1. The quantitative estimate of drug-likeness (QED) is 0.877. The second kappa shape index (κ2) is 7.77. The largest absolute Gasteiger partial charge is 0.494 e. The Labute approximate surface area is 142 Å². The number of aliphatic hydroxyl groups excluding tert-OH is 1. The van der Waals surface area contributed by atoms with Gasteiger partial charge in [0.2, 0.25) is 11.7 Å². The maximum absolute atomic E-state index is 9.96. The second-order valence-electron chi connectivity index (χ2n) is 6.24. The summed E-state index contributed by atoms with van der Waals surface area (Å²) in [6, 6.07) is 7.84. The predicted octanol–water partition coefficient (Wildman–Crippen LogP) is 2.87. The molecule has 2 atom stereocenters. The molecule has 0 saturated carbocycles. The molecule has 0 bridgehead atoms. The summed E-state index contributed by atoms with van der Waals surface area (Å²) in [6.07, 6.45) is 2.97. The van der Waals surface area contributed by atoms with Crippen LogP contribution in [0, 0.1) is 0 Å². The van der Waals surface area contributed by atoms with Gasteiger partial charge in [-0.05, 0) is 57.5 Å². The van der Waals surface area contributed by atoms with Gasteiger partial charge in [-0.15, -0.1) is 0 Å². The molecule has 1 aliphatic heterocycles. The van der Waals surface area contributed by atoms with Crippen LogP contribution in [0.25, 0.3) is 11.4 Å². The van der Waals surface area contributed by atoms with Gasteiger partial charge in [0, 0.05) is 11.6 Å². The number of hydrogen-bond donors (Lipinski definition) is 1. The Morgan fingerprint density at radius 2 is 2.12 bits per heavy atom. The Morgan fingerprint density at radius 3 is 2.83 bits per heavy atom. The molecule has 1 aromatic carbocycles. The summed E-state index contributed by atoms with van der Waals surface area (Å²) in [5.41, 5.74) is 0.902. The van der Waals surface area contributed by atoms with Gasteiger partial charge >= 0.3 is 0 Å². The molecule has 24 heavy (non-hydrogen) atoms. The minimum Gasteiger partial charge on any atom is -0.494 e. The average molecular weight is 331 g/mol. The Kier molecular flexibility index (Phi) is 5.48. The second-order valence-corrected chi connectivity index (χ2v) is 6.24. The van der Waals surface area contributed by atoms with Gasteiger partial charge in [0.15, 0.2) is 0 Å². The summed E-state index contributed by atoms with van der Waals surface area (Å²) in [5, 5.41) is 14.0. The summed E-state index contributed by atoms with van der Waals surface area (Å²) >= 11 is 0. The maximum atomic E-state index is 9.96. The molecule has 6 heteroatoms. The molecule has 1 aliphatic rings. The van der Waals surface area contributed by atoms with Crippen LogP contribution in [0.1, 0.15) is 39.0 Å². The Bertz CT molecular complexity index is 639. The van der Waals surface area contributed by atoms with Gasteiger partial charge in [-0.25, -0.2) is 0 Å². The Hall–Kier alpha value is -1.92. The van der Waals surface area contributed by atoms with Crippen molar-refractivity contribution in [3.63, 3.8) is 0 Å². The van der Waals surface area contributed by atoms with E-state index in [1.165, 1.54) is 0 Å². The fourth-order valence-electron chi connectivity index (χ4n) is 3.24. The molecule has 1 aromatic heterocycles. The lowest BCUT2D eigenvalue weighted by atomic mass is 9.98. The lowest BCUT2D eigenvalue weighted by Crippen LogP contribution is -2.45. The third-order valence-electron chi connectivity index (χ3n) is 4.45. The smallest absolute Gasteiger partial charge is 0.241 e. The van der Waals surface area contributed by atoms with E-state index < -0.39 is 0 Å². The first-order valence-corrected chi connectivity index (χ1v) is 8.65. The molecule has 130 valence electrons. The first kappa shape index (κ1) is 16.9. The third-order valence-corrected chi connectivity index (χ3v) is 4.45. The normalized spacial score (nSPS) is 20.0. The fourth-order valence-corrected chi connectivity index (χ4v) is 3.24. The number of rotatable bonds is 6. The molecule has 0 amide bonds. The molecule has 6 nitrogen and oxygen atoms in total. The number of hydrogen-bond acceptors (Lipinski definition) is 6. The molecular formula is C18H25N3O3. The summed E-state index contributed by atoms with van der Waals surface area (Å²) in [7, 11) is 0. The van der Waals surface area contributed by atoms with E-state index in [1.54, 1.807) is 0 Å². The zero-order chi connectivity index (χ0) is 16.9. The van der Waals surface area contributed by atoms with Crippen LogP contribution in [-0.2, 0) is 6.54 Å². The molecule has 2 aromatic rings. The van der Waals surface area contributed by atoms with Crippen molar-refractivity contribution in [3.8, 4) is 17.1 Å². The van der Waals surface area contributed by atoms with Gasteiger partial charge in [0.05, 0.1) is 19.3 Å². The fraction of sp³-hybridized carbons (Fsp3) is 0.556. The van der Waals surface area contributed by atoms with E-state index in [0.29, 0.717) is 24.9 Å². The van der Waals surface area contributed by atoms with Gasteiger partial charge in [-0.2, -0.15) is 4.98 Å². The van der Waals surface area contributed by atoms with Crippen molar-refractivity contribution in [2.75, 3.05) is 13.2 Å².